The summed E-state index contributed by atoms with van der Waals surface area (Å²) in [4.78, 5) is 29.2. The number of ketones is 1. The molecule has 7 heteroatoms. The lowest BCUT2D eigenvalue weighted by molar-refractivity contribution is -0.144. The lowest BCUT2D eigenvalue weighted by Gasteiger charge is -2.21. The predicted octanol–water partition coefficient (Wildman–Crippen LogP) is 5.85. The van der Waals surface area contributed by atoms with Crippen LogP contribution in [0.3, 0.4) is 0 Å². The number of Topliss-reactive ketones (excluding diaryl/α,β-unsaturated/α-hetero) is 1. The van der Waals surface area contributed by atoms with Crippen molar-refractivity contribution in [3.8, 4) is 17.2 Å². The van der Waals surface area contributed by atoms with Crippen LogP contribution in [0.5, 0.6) is 5.75 Å². The molecular weight excluding hydrogens is 468 g/mol. The number of carbonyl (C=O) groups excluding carboxylic acids is 2. The van der Waals surface area contributed by atoms with Gasteiger partial charge >= 0.3 is 5.97 Å². The summed E-state index contributed by atoms with van der Waals surface area (Å²) in [6, 6.07) is 18.7. The Balaban J connectivity index is 1.41. The van der Waals surface area contributed by atoms with E-state index in [0.717, 1.165) is 39.7 Å². The maximum atomic E-state index is 12.7. The minimum absolute atomic E-state index is 0.0266. The van der Waals surface area contributed by atoms with Crippen molar-refractivity contribution in [2.75, 3.05) is 13.7 Å². The molecule has 1 unspecified atom stereocenters. The van der Waals surface area contributed by atoms with E-state index in [1.807, 2.05) is 86.0 Å². The minimum Gasteiger partial charge on any atom is -0.493 e. The van der Waals surface area contributed by atoms with Crippen LogP contribution in [0.15, 0.2) is 65.1 Å². The van der Waals surface area contributed by atoms with E-state index in [0.29, 0.717) is 30.9 Å². The molecule has 0 aliphatic carbocycles. The van der Waals surface area contributed by atoms with Gasteiger partial charge in [0.1, 0.15) is 17.6 Å². The number of methoxy groups -OCH3 is 1. The third-order valence-corrected chi connectivity index (χ3v) is 6.51. The van der Waals surface area contributed by atoms with Gasteiger partial charge in [-0.25, -0.2) is 9.78 Å². The Labute approximate surface area is 217 Å². The number of ether oxygens (including phenoxy) is 2. The highest BCUT2D eigenvalue weighted by molar-refractivity contribution is 5.95. The van der Waals surface area contributed by atoms with Crippen molar-refractivity contribution >= 4 is 11.8 Å². The first-order chi connectivity index (χ1) is 17.8. The van der Waals surface area contributed by atoms with Crippen molar-refractivity contribution in [1.82, 2.24) is 9.55 Å². The quantitative estimate of drug-likeness (QED) is 0.201. The van der Waals surface area contributed by atoms with Crippen LogP contribution in [-0.4, -0.2) is 35.0 Å². The zero-order valence-corrected chi connectivity index (χ0v) is 21.9. The van der Waals surface area contributed by atoms with Crippen LogP contribution in [0.2, 0.25) is 0 Å². The molecule has 0 amide bonds. The largest absolute Gasteiger partial charge is 0.493 e. The van der Waals surface area contributed by atoms with Crippen molar-refractivity contribution in [2.24, 2.45) is 0 Å². The van der Waals surface area contributed by atoms with E-state index in [1.165, 1.54) is 14.0 Å². The van der Waals surface area contributed by atoms with Gasteiger partial charge in [-0.3, -0.25) is 4.79 Å². The Morgan fingerprint density at radius 2 is 1.73 bits per heavy atom. The summed E-state index contributed by atoms with van der Waals surface area (Å²) in [7, 11) is 1.38. The molecule has 0 bridgehead atoms. The number of carbonyl (C=O) groups is 2. The molecule has 192 valence electrons. The highest BCUT2D eigenvalue weighted by Crippen LogP contribution is 2.26. The maximum absolute atomic E-state index is 12.7. The molecule has 0 aliphatic rings. The molecule has 4 rings (SSSR count). The highest BCUT2D eigenvalue weighted by Gasteiger charge is 2.26. The zero-order valence-electron chi connectivity index (χ0n) is 21.9. The molecule has 0 spiro atoms. The predicted molar refractivity (Wildman–Crippen MR) is 141 cm³/mol. The Kier molecular flexibility index (Phi) is 7.92. The summed E-state index contributed by atoms with van der Waals surface area (Å²) in [5.41, 5.74) is 4.98. The first-order valence-electron chi connectivity index (χ1n) is 12.3. The average molecular weight is 501 g/mol. The lowest BCUT2D eigenvalue weighted by atomic mass is 10.0. The molecule has 0 aliphatic heterocycles. The van der Waals surface area contributed by atoms with Gasteiger partial charge in [-0.2, -0.15) is 0 Å². The Morgan fingerprint density at radius 1 is 1.03 bits per heavy atom. The fraction of sp³-hybridized carbons (Fsp3) is 0.300. The van der Waals surface area contributed by atoms with Crippen molar-refractivity contribution in [3.63, 3.8) is 0 Å². The first-order valence-corrected chi connectivity index (χ1v) is 12.3. The molecule has 2 heterocycles. The molecule has 0 saturated heterocycles. The molecule has 37 heavy (non-hydrogen) atoms. The third-order valence-electron chi connectivity index (χ3n) is 6.51. The van der Waals surface area contributed by atoms with Crippen molar-refractivity contribution in [1.29, 1.82) is 0 Å². The van der Waals surface area contributed by atoms with Gasteiger partial charge < -0.3 is 18.5 Å². The van der Waals surface area contributed by atoms with Crippen LogP contribution in [-0.2, 0) is 22.4 Å². The molecule has 2 aromatic carbocycles. The topological polar surface area (TPSA) is 83.6 Å². The summed E-state index contributed by atoms with van der Waals surface area (Å²) in [5, 5.41) is 0. The molecule has 2 aromatic heterocycles. The Morgan fingerprint density at radius 3 is 2.35 bits per heavy atom. The average Bonchev–Trinajstić information content (AvgIpc) is 3.42. The van der Waals surface area contributed by atoms with Crippen LogP contribution in [0, 0.1) is 20.8 Å². The molecule has 0 fully saturated rings. The lowest BCUT2D eigenvalue weighted by Crippen LogP contribution is -2.25. The number of rotatable bonds is 10. The summed E-state index contributed by atoms with van der Waals surface area (Å²) in [5.74, 6) is 1.77. The van der Waals surface area contributed by atoms with Gasteiger partial charge in [0.2, 0.25) is 5.89 Å². The number of oxazole rings is 1. The molecule has 0 saturated carbocycles. The van der Waals surface area contributed by atoms with Gasteiger partial charge in [0.25, 0.3) is 0 Å². The summed E-state index contributed by atoms with van der Waals surface area (Å²) >= 11 is 0. The number of benzene rings is 2. The van der Waals surface area contributed by atoms with Crippen molar-refractivity contribution in [2.45, 2.75) is 46.6 Å². The number of hydrogen-bond donors (Lipinski definition) is 0. The first kappa shape index (κ1) is 25.9. The van der Waals surface area contributed by atoms with Crippen LogP contribution >= 0.6 is 0 Å². The number of aromatic nitrogens is 2. The minimum atomic E-state index is -0.571. The fourth-order valence-electron chi connectivity index (χ4n) is 4.60. The van der Waals surface area contributed by atoms with Crippen LogP contribution in [0.25, 0.3) is 11.5 Å². The fourth-order valence-corrected chi connectivity index (χ4v) is 4.60. The monoisotopic (exact) mass is 500 g/mol. The smallest absolute Gasteiger partial charge is 0.329 e. The summed E-state index contributed by atoms with van der Waals surface area (Å²) in [6.45, 7) is 7.67. The van der Waals surface area contributed by atoms with Gasteiger partial charge in [-0.05, 0) is 63.6 Å². The molecule has 4 aromatic rings. The van der Waals surface area contributed by atoms with Gasteiger partial charge in [-0.15, -0.1) is 0 Å². The normalized spacial score (nSPS) is 11.8. The maximum Gasteiger partial charge on any atom is 0.329 e. The van der Waals surface area contributed by atoms with Gasteiger partial charge in [-0.1, -0.05) is 30.3 Å². The van der Waals surface area contributed by atoms with E-state index in [4.69, 9.17) is 13.9 Å². The number of nitrogens with zero attached hydrogens (tertiary/aromatic N) is 2. The van der Waals surface area contributed by atoms with Gasteiger partial charge in [0.05, 0.1) is 19.4 Å². The van der Waals surface area contributed by atoms with E-state index in [1.54, 1.807) is 0 Å². The van der Waals surface area contributed by atoms with E-state index in [2.05, 4.69) is 4.98 Å². The molecule has 0 N–H and O–H groups in total. The second kappa shape index (κ2) is 11.3. The Bertz CT molecular complexity index is 1380. The SMILES string of the molecule is COC(=O)C(Cc1ccc(OCCc2oc(-c3ccccc3)nc2C)cc1)n1c(C)cc(C(C)=O)c1C. The zero-order chi connectivity index (χ0) is 26.5. The molecular formula is C30H32N2O5. The van der Waals surface area contributed by atoms with Crippen molar-refractivity contribution < 1.29 is 23.5 Å². The molecule has 7 nitrogen and oxygen atoms in total. The Hall–Kier alpha value is -4.13. The summed E-state index contributed by atoms with van der Waals surface area (Å²) in [6.07, 6.45) is 1.03. The molecule has 1 atom stereocenters. The van der Waals surface area contributed by atoms with E-state index in [9.17, 15) is 9.59 Å². The van der Waals surface area contributed by atoms with E-state index >= 15 is 0 Å². The van der Waals surface area contributed by atoms with Gasteiger partial charge in [0.15, 0.2) is 5.78 Å². The second-order valence-electron chi connectivity index (χ2n) is 9.09. The third kappa shape index (κ3) is 5.82. The highest BCUT2D eigenvalue weighted by atomic mass is 16.5. The molecule has 0 radical (unpaired) electrons. The second-order valence-corrected chi connectivity index (χ2v) is 9.09. The number of hydrogen-bond acceptors (Lipinski definition) is 6. The van der Waals surface area contributed by atoms with Gasteiger partial charge in [0, 0.05) is 35.4 Å². The van der Waals surface area contributed by atoms with Crippen LogP contribution < -0.4 is 4.74 Å². The van der Waals surface area contributed by atoms with Crippen LogP contribution in [0.1, 0.15) is 51.7 Å². The number of esters is 1. The van der Waals surface area contributed by atoms with Crippen LogP contribution in [0.4, 0.5) is 0 Å². The summed E-state index contributed by atoms with van der Waals surface area (Å²) < 4.78 is 18.9. The van der Waals surface area contributed by atoms with E-state index in [-0.39, 0.29) is 11.8 Å². The number of aryl methyl sites for hydroxylation is 2. The standard InChI is InChI=1S/C30H32N2O5/c1-19-17-26(22(4)33)21(3)32(19)27(30(34)35-5)18-23-11-13-25(14-12-23)36-16-15-28-20(2)31-29(37-28)24-9-7-6-8-10-24/h6-14,17,27H,15-16,18H2,1-5H3. The van der Waals surface area contributed by atoms with Crippen molar-refractivity contribution in [3.05, 3.63) is 94.6 Å². The van der Waals surface area contributed by atoms with E-state index < -0.39 is 6.04 Å².